The van der Waals surface area contributed by atoms with Gasteiger partial charge in [-0.15, -0.1) is 10.2 Å². The summed E-state index contributed by atoms with van der Waals surface area (Å²) in [5, 5.41) is 16.3. The Hall–Kier alpha value is -1.43. The lowest BCUT2D eigenvalue weighted by Gasteiger charge is -2.01. The summed E-state index contributed by atoms with van der Waals surface area (Å²) in [7, 11) is 0. The van der Waals surface area contributed by atoms with Gasteiger partial charge in [-0.3, -0.25) is 4.79 Å². The average Bonchev–Trinajstić information content (AvgIpc) is 2.85. The predicted octanol–water partition coefficient (Wildman–Crippen LogP) is 1.33. The zero-order valence-corrected chi connectivity index (χ0v) is 8.89. The van der Waals surface area contributed by atoms with Gasteiger partial charge in [0.25, 0.3) is 0 Å². The Kier molecular flexibility index (Phi) is 3.51. The van der Waals surface area contributed by atoms with Crippen molar-refractivity contribution >= 4 is 5.97 Å². The predicted molar refractivity (Wildman–Crippen MR) is 52.8 cm³/mol. The Morgan fingerprint density at radius 1 is 1.50 bits per heavy atom. The molecule has 0 bridgehead atoms. The van der Waals surface area contributed by atoms with E-state index in [1.165, 1.54) is 0 Å². The molecule has 1 fully saturated rings. The van der Waals surface area contributed by atoms with Gasteiger partial charge in [0.05, 0.1) is 0 Å². The summed E-state index contributed by atoms with van der Waals surface area (Å²) in [6.07, 6.45) is 3.00. The molecule has 0 radical (unpaired) electrons. The van der Waals surface area contributed by atoms with Crippen molar-refractivity contribution in [3.63, 3.8) is 0 Å². The van der Waals surface area contributed by atoms with Crippen LogP contribution in [0.3, 0.4) is 0 Å². The molecule has 0 aromatic carbocycles. The molecule has 6 heteroatoms. The van der Waals surface area contributed by atoms with Gasteiger partial charge < -0.3 is 14.3 Å². The van der Waals surface area contributed by atoms with Crippen LogP contribution in [0.4, 0.5) is 0 Å². The molecule has 2 rings (SSSR count). The van der Waals surface area contributed by atoms with Gasteiger partial charge in [0.1, 0.15) is 6.10 Å². The highest BCUT2D eigenvalue weighted by molar-refractivity contribution is 5.66. The molecule has 6 nitrogen and oxygen atoms in total. The maximum atomic E-state index is 10.3. The van der Waals surface area contributed by atoms with Gasteiger partial charge in [-0.05, 0) is 19.3 Å². The Morgan fingerprint density at radius 3 is 3.06 bits per heavy atom. The number of carboxylic acids is 1. The Balaban J connectivity index is 1.84. The van der Waals surface area contributed by atoms with Gasteiger partial charge in [0, 0.05) is 19.4 Å². The summed E-state index contributed by atoms with van der Waals surface area (Å²) >= 11 is 0. The molecule has 1 atom stereocenters. The van der Waals surface area contributed by atoms with Gasteiger partial charge in [-0.25, -0.2) is 0 Å². The van der Waals surface area contributed by atoms with Crippen molar-refractivity contribution in [1.29, 1.82) is 0 Å². The van der Waals surface area contributed by atoms with Crippen LogP contribution >= 0.6 is 0 Å². The minimum atomic E-state index is -0.807. The fraction of sp³-hybridized carbons (Fsp3) is 0.700. The lowest BCUT2D eigenvalue weighted by atomic mass is 10.2. The van der Waals surface area contributed by atoms with Gasteiger partial charge in [0.2, 0.25) is 11.8 Å². The number of aromatic nitrogens is 2. The quantitative estimate of drug-likeness (QED) is 0.815. The van der Waals surface area contributed by atoms with Crippen LogP contribution in [-0.2, 0) is 16.0 Å². The van der Waals surface area contributed by atoms with Crippen molar-refractivity contribution in [2.45, 2.75) is 38.2 Å². The maximum absolute atomic E-state index is 10.3. The molecule has 0 aliphatic carbocycles. The first kappa shape index (κ1) is 11.1. The summed E-state index contributed by atoms with van der Waals surface area (Å²) < 4.78 is 10.8. The zero-order chi connectivity index (χ0) is 11.4. The first-order chi connectivity index (χ1) is 7.75. The van der Waals surface area contributed by atoms with Crippen LogP contribution in [0.15, 0.2) is 4.42 Å². The standard InChI is InChI=1S/C10H14N2O4/c13-9(14)5-1-4-8-11-12-10(16-8)7-3-2-6-15-7/h7H,1-6H2,(H,13,14). The van der Waals surface area contributed by atoms with Crippen LogP contribution in [0.25, 0.3) is 0 Å². The molecule has 0 amide bonds. The van der Waals surface area contributed by atoms with Crippen LogP contribution in [0.1, 0.15) is 43.6 Å². The molecule has 2 heterocycles. The van der Waals surface area contributed by atoms with Gasteiger partial charge in [-0.2, -0.15) is 0 Å². The molecule has 1 aliphatic rings. The van der Waals surface area contributed by atoms with Crippen molar-refractivity contribution in [2.75, 3.05) is 6.61 Å². The minimum Gasteiger partial charge on any atom is -0.481 e. The molecule has 1 aliphatic heterocycles. The molecule has 1 unspecified atom stereocenters. The Labute approximate surface area is 92.6 Å². The largest absolute Gasteiger partial charge is 0.481 e. The third kappa shape index (κ3) is 2.79. The number of aliphatic carboxylic acids is 1. The van der Waals surface area contributed by atoms with Gasteiger partial charge in [-0.1, -0.05) is 0 Å². The monoisotopic (exact) mass is 226 g/mol. The Morgan fingerprint density at radius 2 is 2.38 bits per heavy atom. The van der Waals surface area contributed by atoms with Crippen LogP contribution in [0.5, 0.6) is 0 Å². The third-order valence-corrected chi connectivity index (χ3v) is 2.47. The number of carboxylic acid groups (broad SMARTS) is 1. The van der Waals surface area contributed by atoms with E-state index in [0.29, 0.717) is 24.6 Å². The van der Waals surface area contributed by atoms with Crippen LogP contribution in [0.2, 0.25) is 0 Å². The number of aryl methyl sites for hydroxylation is 1. The smallest absolute Gasteiger partial charge is 0.303 e. The maximum Gasteiger partial charge on any atom is 0.303 e. The van der Waals surface area contributed by atoms with E-state index in [2.05, 4.69) is 10.2 Å². The van der Waals surface area contributed by atoms with Crippen molar-refractivity contribution in [3.8, 4) is 0 Å². The fourth-order valence-electron chi connectivity index (χ4n) is 1.66. The second-order valence-corrected chi connectivity index (χ2v) is 3.78. The highest BCUT2D eigenvalue weighted by atomic mass is 16.5. The fourth-order valence-corrected chi connectivity index (χ4v) is 1.66. The van der Waals surface area contributed by atoms with E-state index in [1.54, 1.807) is 0 Å². The number of hydrogen-bond donors (Lipinski definition) is 1. The molecular formula is C10H14N2O4. The van der Waals surface area contributed by atoms with E-state index in [-0.39, 0.29) is 12.5 Å². The summed E-state index contributed by atoms with van der Waals surface area (Å²) in [6.45, 7) is 0.737. The number of hydrogen-bond acceptors (Lipinski definition) is 5. The van der Waals surface area contributed by atoms with E-state index in [0.717, 1.165) is 19.4 Å². The number of rotatable bonds is 5. The van der Waals surface area contributed by atoms with Gasteiger partial charge >= 0.3 is 5.97 Å². The van der Waals surface area contributed by atoms with Crippen LogP contribution < -0.4 is 0 Å². The number of ether oxygens (including phenoxy) is 1. The summed E-state index contributed by atoms with van der Waals surface area (Å²) in [5.74, 6) is 0.202. The molecule has 0 saturated carbocycles. The lowest BCUT2D eigenvalue weighted by molar-refractivity contribution is -0.137. The molecule has 1 aromatic heterocycles. The summed E-state index contributed by atoms with van der Waals surface area (Å²) in [4.78, 5) is 10.3. The molecule has 1 aromatic rings. The van der Waals surface area contributed by atoms with E-state index in [9.17, 15) is 4.79 Å². The summed E-state index contributed by atoms with van der Waals surface area (Å²) in [5.41, 5.74) is 0. The summed E-state index contributed by atoms with van der Waals surface area (Å²) in [6, 6.07) is 0. The lowest BCUT2D eigenvalue weighted by Crippen LogP contribution is -1.96. The number of carbonyl (C=O) groups is 1. The molecule has 1 N–H and O–H groups in total. The normalized spacial score (nSPS) is 20.1. The van der Waals surface area contributed by atoms with E-state index >= 15 is 0 Å². The third-order valence-electron chi connectivity index (χ3n) is 2.47. The molecule has 16 heavy (non-hydrogen) atoms. The van der Waals surface area contributed by atoms with Crippen molar-refractivity contribution < 1.29 is 19.1 Å². The van der Waals surface area contributed by atoms with E-state index < -0.39 is 5.97 Å². The zero-order valence-electron chi connectivity index (χ0n) is 8.89. The first-order valence-corrected chi connectivity index (χ1v) is 5.41. The van der Waals surface area contributed by atoms with Crippen molar-refractivity contribution in [2.24, 2.45) is 0 Å². The van der Waals surface area contributed by atoms with Crippen molar-refractivity contribution in [1.82, 2.24) is 10.2 Å². The van der Waals surface area contributed by atoms with Crippen LogP contribution in [-0.4, -0.2) is 27.9 Å². The molecule has 0 spiro atoms. The van der Waals surface area contributed by atoms with Gasteiger partial charge in [0.15, 0.2) is 0 Å². The second-order valence-electron chi connectivity index (χ2n) is 3.78. The Bertz CT molecular complexity index is 357. The molecule has 1 saturated heterocycles. The highest BCUT2D eigenvalue weighted by Crippen LogP contribution is 2.27. The van der Waals surface area contributed by atoms with E-state index in [4.69, 9.17) is 14.3 Å². The first-order valence-electron chi connectivity index (χ1n) is 5.41. The average molecular weight is 226 g/mol. The van der Waals surface area contributed by atoms with Crippen LogP contribution in [0, 0.1) is 0 Å². The minimum absolute atomic E-state index is 0.0688. The molecular weight excluding hydrogens is 212 g/mol. The SMILES string of the molecule is O=C(O)CCCc1nnc(C2CCCO2)o1. The number of nitrogens with zero attached hydrogens (tertiary/aromatic N) is 2. The van der Waals surface area contributed by atoms with Crippen molar-refractivity contribution in [3.05, 3.63) is 11.8 Å². The second kappa shape index (κ2) is 5.07. The van der Waals surface area contributed by atoms with E-state index in [1.807, 2.05) is 0 Å². The molecule has 88 valence electrons. The highest BCUT2D eigenvalue weighted by Gasteiger charge is 2.23. The topological polar surface area (TPSA) is 85.5 Å².